The Morgan fingerprint density at radius 2 is 2.16 bits per heavy atom. The SMILES string of the molecule is CCCC1CC(CN)(N2CCN(C)C(C)C2)CCO1. The Morgan fingerprint density at radius 3 is 2.79 bits per heavy atom. The number of hydrogen-bond donors (Lipinski definition) is 1. The van der Waals surface area contributed by atoms with Gasteiger partial charge in [-0.05, 0) is 33.2 Å². The Kier molecular flexibility index (Phi) is 5.23. The molecular weight excluding hydrogens is 238 g/mol. The minimum absolute atomic E-state index is 0.188. The molecule has 19 heavy (non-hydrogen) atoms. The first kappa shape index (κ1) is 15.2. The molecule has 0 aromatic carbocycles. The fourth-order valence-corrected chi connectivity index (χ4v) is 3.59. The molecule has 2 saturated heterocycles. The standard InChI is InChI=1S/C15H31N3O/c1-4-5-14-10-15(12-16,6-9-19-14)18-8-7-17(3)13(2)11-18/h13-14H,4-12,16H2,1-3H3. The van der Waals surface area contributed by atoms with Gasteiger partial charge in [0.25, 0.3) is 0 Å². The van der Waals surface area contributed by atoms with E-state index < -0.39 is 0 Å². The highest BCUT2D eigenvalue weighted by molar-refractivity contribution is 4.98. The maximum atomic E-state index is 6.20. The summed E-state index contributed by atoms with van der Waals surface area (Å²) in [6.45, 7) is 9.65. The Bertz CT molecular complexity index is 285. The quantitative estimate of drug-likeness (QED) is 0.835. The number of nitrogens with zero attached hydrogens (tertiary/aromatic N) is 2. The van der Waals surface area contributed by atoms with Crippen LogP contribution < -0.4 is 5.73 Å². The molecule has 0 saturated carbocycles. The van der Waals surface area contributed by atoms with Gasteiger partial charge in [-0.1, -0.05) is 13.3 Å². The van der Waals surface area contributed by atoms with Gasteiger partial charge >= 0.3 is 0 Å². The number of hydrogen-bond acceptors (Lipinski definition) is 4. The molecule has 2 rings (SSSR count). The lowest BCUT2D eigenvalue weighted by Crippen LogP contribution is -2.64. The molecule has 3 atom stereocenters. The van der Waals surface area contributed by atoms with Crippen molar-refractivity contribution in [1.82, 2.24) is 9.80 Å². The van der Waals surface area contributed by atoms with Crippen molar-refractivity contribution in [2.24, 2.45) is 5.73 Å². The van der Waals surface area contributed by atoms with Crippen molar-refractivity contribution in [1.29, 1.82) is 0 Å². The normalized spacial score (nSPS) is 38.5. The van der Waals surface area contributed by atoms with E-state index in [-0.39, 0.29) is 5.54 Å². The smallest absolute Gasteiger partial charge is 0.0593 e. The molecule has 0 aromatic rings. The summed E-state index contributed by atoms with van der Waals surface area (Å²) >= 11 is 0. The Labute approximate surface area is 118 Å². The van der Waals surface area contributed by atoms with Gasteiger partial charge in [0.1, 0.15) is 0 Å². The van der Waals surface area contributed by atoms with Crippen LogP contribution in [0.1, 0.15) is 39.5 Å². The largest absolute Gasteiger partial charge is 0.378 e. The molecule has 2 heterocycles. The van der Waals surface area contributed by atoms with Crippen molar-refractivity contribution >= 4 is 0 Å². The number of ether oxygens (including phenoxy) is 1. The van der Waals surface area contributed by atoms with Crippen molar-refractivity contribution in [3.63, 3.8) is 0 Å². The highest BCUT2D eigenvalue weighted by Gasteiger charge is 2.42. The molecular formula is C15H31N3O. The summed E-state index contributed by atoms with van der Waals surface area (Å²) in [4.78, 5) is 5.10. The van der Waals surface area contributed by atoms with Gasteiger partial charge in [-0.15, -0.1) is 0 Å². The van der Waals surface area contributed by atoms with E-state index in [0.717, 1.165) is 45.6 Å². The fraction of sp³-hybridized carbons (Fsp3) is 1.00. The molecule has 112 valence electrons. The van der Waals surface area contributed by atoms with E-state index >= 15 is 0 Å². The summed E-state index contributed by atoms with van der Waals surface area (Å²) in [7, 11) is 2.22. The highest BCUT2D eigenvalue weighted by atomic mass is 16.5. The first-order valence-corrected chi connectivity index (χ1v) is 7.88. The third-order valence-corrected chi connectivity index (χ3v) is 5.15. The minimum atomic E-state index is 0.188. The third-order valence-electron chi connectivity index (χ3n) is 5.15. The molecule has 2 aliphatic rings. The van der Waals surface area contributed by atoms with E-state index in [1.807, 2.05) is 0 Å². The second kappa shape index (κ2) is 6.53. The molecule has 0 aliphatic carbocycles. The van der Waals surface area contributed by atoms with Crippen LogP contribution in [0, 0.1) is 0 Å². The van der Waals surface area contributed by atoms with Crippen LogP contribution in [-0.4, -0.2) is 67.3 Å². The lowest BCUT2D eigenvalue weighted by atomic mass is 9.82. The lowest BCUT2D eigenvalue weighted by Gasteiger charge is -2.52. The first-order chi connectivity index (χ1) is 9.11. The summed E-state index contributed by atoms with van der Waals surface area (Å²) in [5, 5.41) is 0. The van der Waals surface area contributed by atoms with E-state index in [9.17, 15) is 0 Å². The molecule has 0 radical (unpaired) electrons. The number of likely N-dealkylation sites (N-methyl/N-ethyl adjacent to an activating group) is 1. The molecule has 2 fully saturated rings. The van der Waals surface area contributed by atoms with Crippen molar-refractivity contribution in [2.75, 3.05) is 39.8 Å². The third kappa shape index (κ3) is 3.30. The van der Waals surface area contributed by atoms with E-state index in [1.165, 1.54) is 12.8 Å². The van der Waals surface area contributed by atoms with E-state index in [4.69, 9.17) is 10.5 Å². The van der Waals surface area contributed by atoms with Crippen LogP contribution in [0.3, 0.4) is 0 Å². The van der Waals surface area contributed by atoms with E-state index in [2.05, 4.69) is 30.7 Å². The van der Waals surface area contributed by atoms with Crippen LogP contribution in [0.5, 0.6) is 0 Å². The van der Waals surface area contributed by atoms with E-state index in [1.54, 1.807) is 0 Å². The van der Waals surface area contributed by atoms with Crippen LogP contribution >= 0.6 is 0 Å². The van der Waals surface area contributed by atoms with Gasteiger partial charge in [-0.3, -0.25) is 4.90 Å². The molecule has 0 spiro atoms. The zero-order valence-electron chi connectivity index (χ0n) is 12.9. The van der Waals surface area contributed by atoms with Crippen LogP contribution in [0.15, 0.2) is 0 Å². The summed E-state index contributed by atoms with van der Waals surface area (Å²) in [5.74, 6) is 0. The molecule has 3 unspecified atom stereocenters. The molecule has 4 heteroatoms. The Hall–Kier alpha value is -0.160. The van der Waals surface area contributed by atoms with Crippen molar-refractivity contribution < 1.29 is 4.74 Å². The van der Waals surface area contributed by atoms with Crippen LogP contribution in [0.25, 0.3) is 0 Å². The van der Waals surface area contributed by atoms with Gasteiger partial charge in [0.15, 0.2) is 0 Å². The average Bonchev–Trinajstić information content (AvgIpc) is 2.42. The summed E-state index contributed by atoms with van der Waals surface area (Å²) in [6, 6.07) is 0.629. The van der Waals surface area contributed by atoms with Gasteiger partial charge in [0, 0.05) is 44.4 Å². The first-order valence-electron chi connectivity index (χ1n) is 7.88. The molecule has 0 bridgehead atoms. The van der Waals surface area contributed by atoms with Crippen molar-refractivity contribution in [3.05, 3.63) is 0 Å². The van der Waals surface area contributed by atoms with Crippen LogP contribution in [0.4, 0.5) is 0 Å². The zero-order valence-corrected chi connectivity index (χ0v) is 12.9. The highest BCUT2D eigenvalue weighted by Crippen LogP contribution is 2.33. The Morgan fingerprint density at radius 1 is 1.37 bits per heavy atom. The average molecular weight is 269 g/mol. The topological polar surface area (TPSA) is 41.7 Å². The van der Waals surface area contributed by atoms with Gasteiger partial charge < -0.3 is 15.4 Å². The summed E-state index contributed by atoms with van der Waals surface area (Å²) in [6.07, 6.45) is 5.00. The second-order valence-corrected chi connectivity index (χ2v) is 6.44. The minimum Gasteiger partial charge on any atom is -0.378 e. The van der Waals surface area contributed by atoms with E-state index in [0.29, 0.717) is 12.1 Å². The number of nitrogens with two attached hydrogens (primary N) is 1. The predicted molar refractivity (Wildman–Crippen MR) is 79.3 cm³/mol. The van der Waals surface area contributed by atoms with Crippen LogP contribution in [0.2, 0.25) is 0 Å². The van der Waals surface area contributed by atoms with Gasteiger partial charge in [0.2, 0.25) is 0 Å². The summed E-state index contributed by atoms with van der Waals surface area (Å²) < 4.78 is 5.92. The zero-order chi connectivity index (χ0) is 13.9. The van der Waals surface area contributed by atoms with Gasteiger partial charge in [-0.2, -0.15) is 0 Å². The van der Waals surface area contributed by atoms with Crippen molar-refractivity contribution in [2.45, 2.75) is 57.2 Å². The summed E-state index contributed by atoms with van der Waals surface area (Å²) in [5.41, 5.74) is 6.38. The molecule has 2 N–H and O–H groups in total. The van der Waals surface area contributed by atoms with Crippen molar-refractivity contribution in [3.8, 4) is 0 Å². The Balaban J connectivity index is 2.04. The fourth-order valence-electron chi connectivity index (χ4n) is 3.59. The molecule has 2 aliphatic heterocycles. The molecule has 0 aromatic heterocycles. The number of piperazine rings is 1. The number of rotatable bonds is 4. The monoisotopic (exact) mass is 269 g/mol. The molecule has 4 nitrogen and oxygen atoms in total. The maximum absolute atomic E-state index is 6.20. The molecule has 0 amide bonds. The predicted octanol–water partition coefficient (Wildman–Crippen LogP) is 1.30. The van der Waals surface area contributed by atoms with Gasteiger partial charge in [0.05, 0.1) is 6.10 Å². The van der Waals surface area contributed by atoms with Gasteiger partial charge in [-0.25, -0.2) is 0 Å². The lowest BCUT2D eigenvalue weighted by molar-refractivity contribution is -0.0888. The maximum Gasteiger partial charge on any atom is 0.0593 e. The van der Waals surface area contributed by atoms with Crippen LogP contribution in [-0.2, 0) is 4.74 Å². The second-order valence-electron chi connectivity index (χ2n) is 6.44.